The molecular formula is C22H19N3O3S2. The Morgan fingerprint density at radius 3 is 2.63 bits per heavy atom. The van der Waals surface area contributed by atoms with Crippen molar-refractivity contribution in [2.24, 2.45) is 0 Å². The lowest BCUT2D eigenvalue weighted by Gasteiger charge is -2.11. The average Bonchev–Trinajstić information content (AvgIpc) is 3.46. The van der Waals surface area contributed by atoms with Gasteiger partial charge in [-0.15, -0.1) is 21.5 Å². The first kappa shape index (κ1) is 20.2. The lowest BCUT2D eigenvalue weighted by molar-refractivity contribution is -0.115. The molecule has 1 amide bonds. The van der Waals surface area contributed by atoms with Gasteiger partial charge >= 0.3 is 0 Å². The van der Waals surface area contributed by atoms with Crippen molar-refractivity contribution in [2.75, 3.05) is 5.32 Å². The number of rotatable bonds is 8. The summed E-state index contributed by atoms with van der Waals surface area (Å²) in [5.74, 6) is 1.06. The summed E-state index contributed by atoms with van der Waals surface area (Å²) in [4.78, 5) is 13.4. The van der Waals surface area contributed by atoms with Gasteiger partial charge in [0.2, 0.25) is 5.91 Å². The molecule has 152 valence electrons. The van der Waals surface area contributed by atoms with E-state index in [1.807, 2.05) is 72.1 Å². The predicted molar refractivity (Wildman–Crippen MR) is 119 cm³/mol. The molecule has 0 radical (unpaired) electrons. The Morgan fingerprint density at radius 2 is 1.90 bits per heavy atom. The van der Waals surface area contributed by atoms with Crippen molar-refractivity contribution in [3.63, 3.8) is 0 Å². The zero-order chi connectivity index (χ0) is 20.8. The van der Waals surface area contributed by atoms with Crippen LogP contribution in [0.5, 0.6) is 5.75 Å². The van der Waals surface area contributed by atoms with Crippen LogP contribution in [-0.4, -0.2) is 21.4 Å². The van der Waals surface area contributed by atoms with Gasteiger partial charge in [0, 0.05) is 5.69 Å². The van der Waals surface area contributed by atoms with Gasteiger partial charge in [-0.3, -0.25) is 4.79 Å². The Labute approximate surface area is 182 Å². The number of carbonyl (C=O) groups excluding carboxylic acids is 1. The zero-order valence-corrected chi connectivity index (χ0v) is 17.8. The highest BCUT2D eigenvalue weighted by atomic mass is 32.2. The topological polar surface area (TPSA) is 77.2 Å². The lowest BCUT2D eigenvalue weighted by atomic mass is 10.2. The molecule has 0 bridgehead atoms. The summed E-state index contributed by atoms with van der Waals surface area (Å²) >= 11 is 2.75. The third-order valence-corrected chi connectivity index (χ3v) is 5.95. The minimum Gasteiger partial charge on any atom is -0.489 e. The van der Waals surface area contributed by atoms with E-state index in [9.17, 15) is 4.79 Å². The number of hydrogen-bond donors (Lipinski definition) is 1. The van der Waals surface area contributed by atoms with Crippen LogP contribution in [0.4, 0.5) is 5.69 Å². The number of nitrogens with one attached hydrogen (secondary N) is 1. The van der Waals surface area contributed by atoms with E-state index in [1.54, 1.807) is 6.92 Å². The Bertz CT molecular complexity index is 1080. The minimum atomic E-state index is -0.393. The molecule has 0 aliphatic rings. The first-order chi connectivity index (χ1) is 14.7. The summed E-state index contributed by atoms with van der Waals surface area (Å²) in [6, 6.07) is 21.1. The van der Waals surface area contributed by atoms with Crippen molar-refractivity contribution in [2.45, 2.75) is 24.0 Å². The molecule has 1 unspecified atom stereocenters. The maximum atomic E-state index is 12.5. The van der Waals surface area contributed by atoms with Crippen molar-refractivity contribution < 1.29 is 13.9 Å². The third kappa shape index (κ3) is 5.28. The molecule has 0 aliphatic carbocycles. The summed E-state index contributed by atoms with van der Waals surface area (Å²) in [6.45, 7) is 2.30. The summed E-state index contributed by atoms with van der Waals surface area (Å²) in [6.07, 6.45) is 0. The second-order valence-corrected chi connectivity index (χ2v) is 8.64. The van der Waals surface area contributed by atoms with Gasteiger partial charge in [0.15, 0.2) is 0 Å². The van der Waals surface area contributed by atoms with Crippen molar-refractivity contribution in [3.05, 3.63) is 77.7 Å². The molecule has 4 aromatic rings. The smallest absolute Gasteiger partial charge is 0.277 e. The summed E-state index contributed by atoms with van der Waals surface area (Å²) in [5.41, 5.74) is 1.80. The van der Waals surface area contributed by atoms with Crippen molar-refractivity contribution in [1.29, 1.82) is 0 Å². The fourth-order valence-electron chi connectivity index (χ4n) is 2.58. The quantitative estimate of drug-likeness (QED) is 0.367. The van der Waals surface area contributed by atoms with E-state index in [-0.39, 0.29) is 5.91 Å². The number of ether oxygens (including phenoxy) is 1. The highest BCUT2D eigenvalue weighted by Crippen LogP contribution is 2.29. The van der Waals surface area contributed by atoms with Gasteiger partial charge in [-0.05, 0) is 48.2 Å². The van der Waals surface area contributed by atoms with Gasteiger partial charge in [-0.1, -0.05) is 48.2 Å². The Kier molecular flexibility index (Phi) is 6.46. The number of aromatic nitrogens is 2. The van der Waals surface area contributed by atoms with Crippen molar-refractivity contribution in [1.82, 2.24) is 10.2 Å². The number of amides is 1. The molecule has 1 N–H and O–H groups in total. The second-order valence-electron chi connectivity index (χ2n) is 6.40. The first-order valence-corrected chi connectivity index (χ1v) is 11.0. The molecule has 0 fully saturated rings. The minimum absolute atomic E-state index is 0.145. The van der Waals surface area contributed by atoms with Crippen LogP contribution in [0.25, 0.3) is 10.8 Å². The van der Waals surface area contributed by atoms with Gasteiger partial charge in [-0.25, -0.2) is 0 Å². The Morgan fingerprint density at radius 1 is 1.10 bits per heavy atom. The van der Waals surface area contributed by atoms with E-state index in [0.29, 0.717) is 23.4 Å². The first-order valence-electron chi connectivity index (χ1n) is 9.29. The molecule has 1 atom stereocenters. The zero-order valence-electron chi connectivity index (χ0n) is 16.1. The molecule has 0 aliphatic heterocycles. The van der Waals surface area contributed by atoms with E-state index in [2.05, 4.69) is 15.5 Å². The highest BCUT2D eigenvalue weighted by molar-refractivity contribution is 8.00. The number of hydrogen-bond acceptors (Lipinski definition) is 7. The maximum absolute atomic E-state index is 12.5. The number of anilines is 1. The van der Waals surface area contributed by atoms with Gasteiger partial charge in [0.25, 0.3) is 11.1 Å². The third-order valence-electron chi connectivity index (χ3n) is 4.16. The molecule has 0 saturated carbocycles. The fourth-order valence-corrected chi connectivity index (χ4v) is 3.91. The second kappa shape index (κ2) is 9.60. The van der Waals surface area contributed by atoms with Crippen LogP contribution in [0.1, 0.15) is 12.5 Å². The van der Waals surface area contributed by atoms with E-state index in [0.717, 1.165) is 16.2 Å². The summed E-state index contributed by atoms with van der Waals surface area (Å²) in [5, 5.41) is 12.9. The number of benzene rings is 2. The van der Waals surface area contributed by atoms with Gasteiger partial charge in [0.1, 0.15) is 12.4 Å². The van der Waals surface area contributed by atoms with Gasteiger partial charge < -0.3 is 14.5 Å². The molecule has 2 aromatic carbocycles. The normalized spacial score (nSPS) is 11.8. The van der Waals surface area contributed by atoms with Crippen LogP contribution in [0.15, 0.2) is 81.8 Å². The molecule has 2 heterocycles. The number of nitrogens with zero attached hydrogens (tertiary/aromatic N) is 2. The molecule has 2 aromatic heterocycles. The van der Waals surface area contributed by atoms with Crippen LogP contribution in [0, 0.1) is 0 Å². The van der Waals surface area contributed by atoms with E-state index >= 15 is 0 Å². The summed E-state index contributed by atoms with van der Waals surface area (Å²) < 4.78 is 11.4. The number of thiophene rings is 1. The van der Waals surface area contributed by atoms with Gasteiger partial charge in [0.05, 0.1) is 10.1 Å². The molecule has 0 spiro atoms. The van der Waals surface area contributed by atoms with Crippen LogP contribution in [-0.2, 0) is 11.4 Å². The monoisotopic (exact) mass is 437 g/mol. The predicted octanol–water partition coefficient (Wildman–Crippen LogP) is 5.50. The lowest BCUT2D eigenvalue weighted by Crippen LogP contribution is -2.22. The van der Waals surface area contributed by atoms with Crippen LogP contribution in [0.3, 0.4) is 0 Å². The van der Waals surface area contributed by atoms with Gasteiger partial charge in [-0.2, -0.15) is 0 Å². The van der Waals surface area contributed by atoms with E-state index in [1.165, 1.54) is 23.1 Å². The maximum Gasteiger partial charge on any atom is 0.277 e. The van der Waals surface area contributed by atoms with E-state index < -0.39 is 5.25 Å². The molecule has 0 saturated heterocycles. The van der Waals surface area contributed by atoms with Crippen LogP contribution < -0.4 is 10.1 Å². The summed E-state index contributed by atoms with van der Waals surface area (Å²) in [7, 11) is 0. The molecule has 6 nitrogen and oxygen atoms in total. The largest absolute Gasteiger partial charge is 0.489 e. The standard InChI is InChI=1S/C22H19N3O3S2/c1-15(30-22-25-24-21(28-22)19-8-5-13-29-19)20(26)23-17-9-11-18(12-10-17)27-14-16-6-3-2-4-7-16/h2-13,15H,14H2,1H3,(H,23,26). The molecular weight excluding hydrogens is 418 g/mol. The number of carbonyl (C=O) groups is 1. The molecule has 30 heavy (non-hydrogen) atoms. The van der Waals surface area contributed by atoms with Crippen LogP contribution >= 0.6 is 23.1 Å². The molecule has 8 heteroatoms. The molecule has 4 rings (SSSR count). The van der Waals surface area contributed by atoms with E-state index in [4.69, 9.17) is 9.15 Å². The van der Waals surface area contributed by atoms with Crippen molar-refractivity contribution >= 4 is 34.7 Å². The number of thioether (sulfide) groups is 1. The average molecular weight is 438 g/mol. The van der Waals surface area contributed by atoms with Crippen LogP contribution in [0.2, 0.25) is 0 Å². The highest BCUT2D eigenvalue weighted by Gasteiger charge is 2.19. The SMILES string of the molecule is CC(Sc1nnc(-c2cccs2)o1)C(=O)Nc1ccc(OCc2ccccc2)cc1. The Hall–Kier alpha value is -3.10. The van der Waals surface area contributed by atoms with Crippen molar-refractivity contribution in [3.8, 4) is 16.5 Å². The fraction of sp³-hybridized carbons (Fsp3) is 0.136. The Balaban J connectivity index is 1.28.